The molecule has 6 nitrogen and oxygen atoms in total. The van der Waals surface area contributed by atoms with Gasteiger partial charge in [-0.3, -0.25) is 0 Å². The molecule has 0 radical (unpaired) electrons. The highest BCUT2D eigenvalue weighted by molar-refractivity contribution is 5.93. The van der Waals surface area contributed by atoms with Gasteiger partial charge in [0.25, 0.3) is 0 Å². The molecule has 1 aromatic heterocycles. The average Bonchev–Trinajstić information content (AvgIpc) is 3.40. The first-order valence-corrected chi connectivity index (χ1v) is 11.1. The number of aromatic nitrogens is 2. The zero-order valence-electron chi connectivity index (χ0n) is 19.2. The number of carbonyl (C=O) groups is 1. The average molecular weight is 475 g/mol. The standard InChI is InChI=1S/C27H23F2N3O3/c1-27(2)15-19-13-20(14-22(24(19)35-27)34-25(28)29)30-26(33)32-16-21(17-9-5-3-6-10-17)23(31-32)18-11-7-4-8-12-18/h3-14,16,25H,15H2,1-2H3,(H,30,33). The van der Waals surface area contributed by atoms with Gasteiger partial charge in [0.1, 0.15) is 11.3 Å². The van der Waals surface area contributed by atoms with Crippen LogP contribution < -0.4 is 14.8 Å². The van der Waals surface area contributed by atoms with E-state index in [-0.39, 0.29) is 11.5 Å². The minimum Gasteiger partial charge on any atom is -0.483 e. The molecule has 3 aromatic carbocycles. The van der Waals surface area contributed by atoms with Crippen LogP contribution in [0.15, 0.2) is 79.0 Å². The lowest BCUT2D eigenvalue weighted by atomic mass is 10.0. The van der Waals surface area contributed by atoms with Gasteiger partial charge in [-0.1, -0.05) is 60.7 Å². The lowest BCUT2D eigenvalue weighted by molar-refractivity contribution is -0.0522. The van der Waals surface area contributed by atoms with E-state index in [9.17, 15) is 13.6 Å². The summed E-state index contributed by atoms with van der Waals surface area (Å²) in [6, 6.07) is 21.7. The Bertz CT molecular complexity index is 1310. The van der Waals surface area contributed by atoms with Crippen molar-refractivity contribution in [2.24, 2.45) is 0 Å². The van der Waals surface area contributed by atoms with E-state index < -0.39 is 18.2 Å². The van der Waals surface area contributed by atoms with Gasteiger partial charge in [-0.25, -0.2) is 4.79 Å². The number of hydrogen-bond donors (Lipinski definition) is 1. The highest BCUT2D eigenvalue weighted by Crippen LogP contribution is 2.44. The number of amides is 1. The number of hydrogen-bond acceptors (Lipinski definition) is 4. The number of nitrogens with one attached hydrogen (secondary N) is 1. The molecule has 0 spiro atoms. The number of anilines is 1. The van der Waals surface area contributed by atoms with Gasteiger partial charge in [-0.15, -0.1) is 0 Å². The van der Waals surface area contributed by atoms with Crippen LogP contribution >= 0.6 is 0 Å². The van der Waals surface area contributed by atoms with Crippen molar-refractivity contribution < 1.29 is 23.0 Å². The molecule has 0 unspecified atom stereocenters. The number of halogens is 2. The second kappa shape index (κ2) is 8.87. The molecule has 0 bridgehead atoms. The number of fused-ring (bicyclic) bond motifs is 1. The van der Waals surface area contributed by atoms with Crippen LogP contribution in [0.25, 0.3) is 22.4 Å². The van der Waals surface area contributed by atoms with Gasteiger partial charge in [0.05, 0.1) is 0 Å². The van der Waals surface area contributed by atoms with Crippen molar-refractivity contribution in [2.45, 2.75) is 32.5 Å². The summed E-state index contributed by atoms with van der Waals surface area (Å²) in [6.45, 7) is 0.694. The maximum Gasteiger partial charge on any atom is 0.387 e. The minimum atomic E-state index is -3.02. The first kappa shape index (κ1) is 22.6. The molecule has 35 heavy (non-hydrogen) atoms. The van der Waals surface area contributed by atoms with Crippen molar-refractivity contribution in [3.05, 3.63) is 84.6 Å². The van der Waals surface area contributed by atoms with Gasteiger partial charge in [-0.2, -0.15) is 18.6 Å². The van der Waals surface area contributed by atoms with E-state index in [1.54, 1.807) is 12.3 Å². The van der Waals surface area contributed by atoms with E-state index in [1.165, 1.54) is 10.7 Å². The Hall–Kier alpha value is -4.20. The van der Waals surface area contributed by atoms with E-state index in [4.69, 9.17) is 4.74 Å². The zero-order chi connectivity index (χ0) is 24.6. The maximum atomic E-state index is 13.2. The first-order valence-electron chi connectivity index (χ1n) is 11.1. The fourth-order valence-electron chi connectivity index (χ4n) is 4.23. The minimum absolute atomic E-state index is 0.117. The molecule has 4 aromatic rings. The fourth-order valence-corrected chi connectivity index (χ4v) is 4.23. The predicted octanol–water partition coefficient (Wildman–Crippen LogP) is 6.61. The predicted molar refractivity (Wildman–Crippen MR) is 129 cm³/mol. The second-order valence-electron chi connectivity index (χ2n) is 8.88. The Morgan fingerprint density at radius 1 is 1.06 bits per heavy atom. The molecule has 1 aliphatic heterocycles. The Labute approximate surface area is 201 Å². The Kier molecular flexibility index (Phi) is 5.72. The summed E-state index contributed by atoms with van der Waals surface area (Å²) in [7, 11) is 0. The van der Waals surface area contributed by atoms with Crippen molar-refractivity contribution >= 4 is 11.7 Å². The van der Waals surface area contributed by atoms with Crippen molar-refractivity contribution in [3.63, 3.8) is 0 Å². The van der Waals surface area contributed by atoms with Crippen LogP contribution in [-0.4, -0.2) is 28.0 Å². The van der Waals surface area contributed by atoms with Crippen LogP contribution in [0.3, 0.4) is 0 Å². The third-order valence-corrected chi connectivity index (χ3v) is 5.65. The highest BCUT2D eigenvalue weighted by Gasteiger charge is 2.34. The summed E-state index contributed by atoms with van der Waals surface area (Å²) in [5, 5.41) is 7.30. The SMILES string of the molecule is CC1(C)Cc2cc(NC(=O)n3cc(-c4ccccc4)c(-c4ccccc4)n3)cc(OC(F)F)c2O1. The van der Waals surface area contributed by atoms with E-state index in [0.29, 0.717) is 23.4 Å². The van der Waals surface area contributed by atoms with Crippen molar-refractivity contribution in [1.82, 2.24) is 9.78 Å². The van der Waals surface area contributed by atoms with Crippen LogP contribution in [0.2, 0.25) is 0 Å². The molecular weight excluding hydrogens is 452 g/mol. The van der Waals surface area contributed by atoms with Crippen molar-refractivity contribution in [2.75, 3.05) is 5.32 Å². The number of benzene rings is 3. The van der Waals surface area contributed by atoms with Crippen molar-refractivity contribution in [3.8, 4) is 33.9 Å². The smallest absolute Gasteiger partial charge is 0.387 e. The zero-order valence-corrected chi connectivity index (χ0v) is 19.2. The molecule has 0 saturated heterocycles. The Morgan fingerprint density at radius 2 is 1.71 bits per heavy atom. The second-order valence-corrected chi connectivity index (χ2v) is 8.88. The topological polar surface area (TPSA) is 65.4 Å². The van der Waals surface area contributed by atoms with Gasteiger partial charge in [-0.05, 0) is 25.5 Å². The van der Waals surface area contributed by atoms with Crippen molar-refractivity contribution in [1.29, 1.82) is 0 Å². The third kappa shape index (κ3) is 4.73. The van der Waals surface area contributed by atoms with Gasteiger partial charge >= 0.3 is 12.6 Å². The fraction of sp³-hybridized carbons (Fsp3) is 0.185. The Balaban J connectivity index is 1.50. The molecule has 1 amide bonds. The summed E-state index contributed by atoms with van der Waals surface area (Å²) in [5.41, 5.74) is 3.64. The van der Waals surface area contributed by atoms with Crippen LogP contribution in [0.1, 0.15) is 19.4 Å². The van der Waals surface area contributed by atoms with Crippen LogP contribution in [0.5, 0.6) is 11.5 Å². The van der Waals surface area contributed by atoms with E-state index >= 15 is 0 Å². The lowest BCUT2D eigenvalue weighted by Gasteiger charge is -2.18. The van der Waals surface area contributed by atoms with Gasteiger partial charge in [0.2, 0.25) is 0 Å². The number of ether oxygens (including phenoxy) is 2. The first-order chi connectivity index (χ1) is 16.8. The normalized spacial score (nSPS) is 13.9. The van der Waals surface area contributed by atoms with E-state index in [0.717, 1.165) is 16.7 Å². The molecule has 1 aliphatic rings. The molecule has 8 heteroatoms. The summed E-state index contributed by atoms with van der Waals surface area (Å²) in [4.78, 5) is 13.2. The molecule has 0 saturated carbocycles. The van der Waals surface area contributed by atoms with E-state index in [2.05, 4.69) is 15.2 Å². The number of nitrogens with zero attached hydrogens (tertiary/aromatic N) is 2. The maximum absolute atomic E-state index is 13.2. The van der Waals surface area contributed by atoms with Gasteiger partial charge in [0, 0.05) is 41.1 Å². The summed E-state index contributed by atoms with van der Waals surface area (Å²) in [5.74, 6) is 0.152. The molecule has 0 atom stereocenters. The summed E-state index contributed by atoms with van der Waals surface area (Å²) < 4.78 is 37.8. The van der Waals surface area contributed by atoms with Gasteiger partial charge in [0.15, 0.2) is 11.5 Å². The molecule has 178 valence electrons. The lowest BCUT2D eigenvalue weighted by Crippen LogP contribution is -2.24. The molecule has 0 aliphatic carbocycles. The van der Waals surface area contributed by atoms with E-state index in [1.807, 2.05) is 74.5 Å². The number of rotatable bonds is 5. The van der Waals surface area contributed by atoms with Crippen LogP contribution in [0, 0.1) is 0 Å². The summed E-state index contributed by atoms with van der Waals surface area (Å²) >= 11 is 0. The number of carbonyl (C=O) groups excluding carboxylic acids is 1. The highest BCUT2D eigenvalue weighted by atomic mass is 19.3. The van der Waals surface area contributed by atoms with Crippen LogP contribution in [-0.2, 0) is 6.42 Å². The monoisotopic (exact) mass is 475 g/mol. The molecular formula is C27H23F2N3O3. The largest absolute Gasteiger partial charge is 0.483 e. The Morgan fingerprint density at radius 3 is 2.37 bits per heavy atom. The molecule has 5 rings (SSSR count). The molecule has 1 N–H and O–H groups in total. The quantitative estimate of drug-likeness (QED) is 0.353. The summed E-state index contributed by atoms with van der Waals surface area (Å²) in [6.07, 6.45) is 2.15. The molecule has 2 heterocycles. The van der Waals surface area contributed by atoms with Gasteiger partial charge < -0.3 is 14.8 Å². The molecule has 0 fully saturated rings. The van der Waals surface area contributed by atoms with Crippen LogP contribution in [0.4, 0.5) is 19.3 Å². The number of alkyl halides is 2. The third-order valence-electron chi connectivity index (χ3n) is 5.65.